The normalized spacial score (nSPS) is 13.7. The molecule has 0 aliphatic carbocycles. The fourth-order valence-electron chi connectivity index (χ4n) is 0.966. The molecule has 1 atom stereocenters. The first kappa shape index (κ1) is 11.9. The highest BCUT2D eigenvalue weighted by atomic mass is 32.2. The number of alkyl halides is 3. The van der Waals surface area contributed by atoms with Crippen molar-refractivity contribution in [1.29, 1.82) is 0 Å². The number of pyridine rings is 1. The summed E-state index contributed by atoms with van der Waals surface area (Å²) in [6, 6.07) is 0.617. The number of halogens is 3. The molecule has 15 heavy (non-hydrogen) atoms. The van der Waals surface area contributed by atoms with E-state index in [1.165, 1.54) is 0 Å². The average molecular weight is 241 g/mol. The Kier molecular flexibility index (Phi) is 3.30. The molecule has 1 rings (SSSR count). The van der Waals surface area contributed by atoms with Crippen LogP contribution in [0.3, 0.4) is 0 Å². The van der Waals surface area contributed by atoms with Crippen molar-refractivity contribution in [3.63, 3.8) is 0 Å². The highest BCUT2D eigenvalue weighted by molar-refractivity contribution is 7.79. The summed E-state index contributed by atoms with van der Waals surface area (Å²) in [5.41, 5.74) is -1.23. The molecule has 1 unspecified atom stereocenters. The van der Waals surface area contributed by atoms with Crippen molar-refractivity contribution < 1.29 is 26.7 Å². The van der Waals surface area contributed by atoms with Crippen LogP contribution in [0.15, 0.2) is 17.2 Å². The van der Waals surface area contributed by atoms with Crippen LogP contribution in [0.25, 0.3) is 0 Å². The van der Waals surface area contributed by atoms with Crippen molar-refractivity contribution in [3.05, 3.63) is 17.8 Å². The van der Waals surface area contributed by atoms with Gasteiger partial charge in [0.05, 0.1) is 12.7 Å². The molecule has 0 bridgehead atoms. The molecule has 1 aromatic rings. The Morgan fingerprint density at radius 3 is 2.53 bits per heavy atom. The molecule has 1 heterocycles. The van der Waals surface area contributed by atoms with Gasteiger partial charge in [-0.1, -0.05) is 0 Å². The van der Waals surface area contributed by atoms with E-state index in [1.807, 2.05) is 0 Å². The summed E-state index contributed by atoms with van der Waals surface area (Å²) in [5.74, 6) is -0.509. The minimum Gasteiger partial charge on any atom is -0.480 e. The first-order chi connectivity index (χ1) is 6.88. The maximum Gasteiger partial charge on any atom is 0.417 e. The molecule has 4 nitrogen and oxygen atoms in total. The lowest BCUT2D eigenvalue weighted by atomic mass is 10.2. The number of nitrogens with zero attached hydrogens (tertiary/aromatic N) is 1. The number of rotatable bonds is 2. The van der Waals surface area contributed by atoms with E-state index < -0.39 is 33.6 Å². The van der Waals surface area contributed by atoms with Gasteiger partial charge >= 0.3 is 6.18 Å². The Labute approximate surface area is 85.4 Å². The van der Waals surface area contributed by atoms with Crippen LogP contribution in [-0.4, -0.2) is 20.9 Å². The van der Waals surface area contributed by atoms with Crippen LogP contribution in [0, 0.1) is 0 Å². The number of hydrogen-bond donors (Lipinski definition) is 1. The van der Waals surface area contributed by atoms with Gasteiger partial charge in [-0.2, -0.15) is 13.2 Å². The van der Waals surface area contributed by atoms with E-state index in [0.29, 0.717) is 6.07 Å². The summed E-state index contributed by atoms with van der Waals surface area (Å²) < 4.78 is 61.1. The maximum atomic E-state index is 12.4. The van der Waals surface area contributed by atoms with E-state index in [9.17, 15) is 17.4 Å². The van der Waals surface area contributed by atoms with Crippen molar-refractivity contribution in [1.82, 2.24) is 4.98 Å². The summed E-state index contributed by atoms with van der Waals surface area (Å²) in [5, 5.41) is 0. The lowest BCUT2D eigenvalue weighted by molar-refractivity contribution is -0.140. The molecule has 0 saturated carbocycles. The number of hydrogen-bond acceptors (Lipinski definition) is 3. The fraction of sp³-hybridized carbons (Fsp3) is 0.286. The van der Waals surface area contributed by atoms with Crippen molar-refractivity contribution in [2.45, 2.75) is 11.1 Å². The Bertz CT molecular complexity index is 394. The Balaban J connectivity index is 3.46. The van der Waals surface area contributed by atoms with Gasteiger partial charge in [0, 0.05) is 6.20 Å². The molecule has 0 saturated heterocycles. The van der Waals surface area contributed by atoms with Gasteiger partial charge in [0.1, 0.15) is 4.90 Å². The molecule has 84 valence electrons. The molecule has 1 N–H and O–H groups in total. The zero-order valence-electron chi connectivity index (χ0n) is 7.41. The monoisotopic (exact) mass is 241 g/mol. The third-order valence-electron chi connectivity index (χ3n) is 1.55. The molecule has 0 radical (unpaired) electrons. The van der Waals surface area contributed by atoms with Crippen LogP contribution in [0.5, 0.6) is 5.88 Å². The predicted octanol–water partition coefficient (Wildman–Crippen LogP) is 1.69. The second kappa shape index (κ2) is 4.15. The van der Waals surface area contributed by atoms with Crippen molar-refractivity contribution in [3.8, 4) is 5.88 Å². The average Bonchev–Trinajstić information content (AvgIpc) is 2.15. The largest absolute Gasteiger partial charge is 0.480 e. The van der Waals surface area contributed by atoms with Gasteiger partial charge < -0.3 is 9.29 Å². The maximum absolute atomic E-state index is 12.4. The summed E-state index contributed by atoms with van der Waals surface area (Å²) in [6.45, 7) is 0. The molecule has 1 aromatic heterocycles. The first-order valence-electron chi connectivity index (χ1n) is 3.59. The molecular formula is C7H6F3NO3S. The first-order valence-corrected chi connectivity index (χ1v) is 4.69. The SMILES string of the molecule is COc1nccc(C(F)(F)F)c1S(=O)O. The van der Waals surface area contributed by atoms with E-state index in [1.54, 1.807) is 0 Å². The number of aromatic nitrogens is 1. The van der Waals surface area contributed by atoms with Gasteiger partial charge in [0.2, 0.25) is 5.88 Å². The van der Waals surface area contributed by atoms with Crippen LogP contribution in [0.1, 0.15) is 5.56 Å². The second-order valence-corrected chi connectivity index (χ2v) is 3.35. The molecule has 0 aromatic carbocycles. The standard InChI is InChI=1S/C7H6F3NO3S/c1-14-6-5(15(12)13)4(2-3-11-6)7(8,9)10/h2-3H,1H3,(H,12,13). The zero-order chi connectivity index (χ0) is 11.6. The van der Waals surface area contributed by atoms with Gasteiger partial charge in [-0.3, -0.25) is 0 Å². The van der Waals surface area contributed by atoms with Crippen LogP contribution in [-0.2, 0) is 17.3 Å². The van der Waals surface area contributed by atoms with Crippen molar-refractivity contribution in [2.24, 2.45) is 0 Å². The summed E-state index contributed by atoms with van der Waals surface area (Å²) >= 11 is -2.81. The van der Waals surface area contributed by atoms with E-state index in [0.717, 1.165) is 13.3 Å². The quantitative estimate of drug-likeness (QED) is 0.800. The second-order valence-electron chi connectivity index (χ2n) is 2.44. The van der Waals surface area contributed by atoms with Gasteiger partial charge in [-0.15, -0.1) is 0 Å². The smallest absolute Gasteiger partial charge is 0.417 e. The highest BCUT2D eigenvalue weighted by Gasteiger charge is 2.37. The molecule has 0 aliphatic rings. The fourth-order valence-corrected chi connectivity index (χ4v) is 1.62. The van der Waals surface area contributed by atoms with E-state index >= 15 is 0 Å². The van der Waals surface area contributed by atoms with E-state index in [4.69, 9.17) is 4.55 Å². The van der Waals surface area contributed by atoms with Crippen molar-refractivity contribution in [2.75, 3.05) is 7.11 Å². The summed E-state index contributed by atoms with van der Waals surface area (Å²) in [7, 11) is 1.07. The Hall–Kier alpha value is -1.15. The van der Waals surface area contributed by atoms with Gasteiger partial charge in [-0.05, 0) is 6.07 Å². The molecule has 8 heteroatoms. The Morgan fingerprint density at radius 2 is 2.13 bits per heavy atom. The molecule has 0 amide bonds. The topological polar surface area (TPSA) is 59.4 Å². The third-order valence-corrected chi connectivity index (χ3v) is 2.29. The van der Waals surface area contributed by atoms with E-state index in [2.05, 4.69) is 9.72 Å². The zero-order valence-corrected chi connectivity index (χ0v) is 8.22. The van der Waals surface area contributed by atoms with Crippen LogP contribution in [0.4, 0.5) is 13.2 Å². The van der Waals surface area contributed by atoms with Crippen LogP contribution in [0.2, 0.25) is 0 Å². The highest BCUT2D eigenvalue weighted by Crippen LogP contribution is 2.36. The lowest BCUT2D eigenvalue weighted by Crippen LogP contribution is -2.12. The number of ether oxygens (including phenoxy) is 1. The minimum atomic E-state index is -4.72. The molecule has 0 spiro atoms. The summed E-state index contributed by atoms with van der Waals surface area (Å²) in [6.07, 6.45) is -3.86. The molecule has 0 fully saturated rings. The molecular weight excluding hydrogens is 235 g/mol. The van der Waals surface area contributed by atoms with Crippen molar-refractivity contribution >= 4 is 11.1 Å². The number of methoxy groups -OCH3 is 1. The van der Waals surface area contributed by atoms with Crippen LogP contribution < -0.4 is 4.74 Å². The van der Waals surface area contributed by atoms with Gasteiger partial charge in [-0.25, -0.2) is 9.19 Å². The predicted molar refractivity (Wildman–Crippen MR) is 44.8 cm³/mol. The van der Waals surface area contributed by atoms with Crippen LogP contribution >= 0.6 is 0 Å². The Morgan fingerprint density at radius 1 is 1.53 bits per heavy atom. The third kappa shape index (κ3) is 2.45. The van der Waals surface area contributed by atoms with E-state index in [-0.39, 0.29) is 0 Å². The summed E-state index contributed by atoms with van der Waals surface area (Å²) in [4.78, 5) is 2.55. The van der Waals surface area contributed by atoms with Gasteiger partial charge in [0.25, 0.3) is 0 Å². The molecule has 0 aliphatic heterocycles. The van der Waals surface area contributed by atoms with Gasteiger partial charge in [0.15, 0.2) is 11.1 Å². The lowest BCUT2D eigenvalue weighted by Gasteiger charge is -2.11. The minimum absolute atomic E-state index is 0.509.